The van der Waals surface area contributed by atoms with Crippen LogP contribution in [0.2, 0.25) is 0 Å². The molecule has 0 amide bonds. The van der Waals surface area contributed by atoms with Gasteiger partial charge in [0.05, 0.1) is 11.2 Å². The lowest BCUT2D eigenvalue weighted by molar-refractivity contribution is -0.193. The number of halogens is 6. The first kappa shape index (κ1) is 31.5. The van der Waals surface area contributed by atoms with Crippen LogP contribution in [0.5, 0.6) is 0 Å². The molecule has 0 radical (unpaired) electrons. The summed E-state index contributed by atoms with van der Waals surface area (Å²) in [7, 11) is 0. The summed E-state index contributed by atoms with van der Waals surface area (Å²) in [6, 6.07) is 10.7. The zero-order valence-electron chi connectivity index (χ0n) is 20.5. The molecule has 210 valence electrons. The summed E-state index contributed by atoms with van der Waals surface area (Å²) in [5.41, 5.74) is 11.6. The molecule has 4 rings (SSSR count). The predicted octanol–water partition coefficient (Wildman–Crippen LogP) is 5.23. The molecule has 1 aromatic heterocycles. The van der Waals surface area contributed by atoms with Gasteiger partial charge in [0.15, 0.2) is 5.17 Å². The molecule has 1 aliphatic carbocycles. The van der Waals surface area contributed by atoms with Crippen molar-refractivity contribution in [3.05, 3.63) is 53.2 Å². The molecule has 1 aromatic carbocycles. The minimum absolute atomic E-state index is 0.222. The van der Waals surface area contributed by atoms with Crippen LogP contribution < -0.4 is 5.73 Å². The van der Waals surface area contributed by atoms with Crippen molar-refractivity contribution in [1.82, 2.24) is 4.98 Å². The number of rotatable bonds is 1. The molecule has 2 aliphatic rings. The van der Waals surface area contributed by atoms with E-state index >= 15 is 0 Å². The highest BCUT2D eigenvalue weighted by Crippen LogP contribution is 2.47. The monoisotopic (exact) mass is 575 g/mol. The highest BCUT2D eigenvalue weighted by Gasteiger charge is 2.43. The second-order valence-electron chi connectivity index (χ2n) is 8.43. The summed E-state index contributed by atoms with van der Waals surface area (Å²) in [6.07, 6.45) is -6.06. The number of amidine groups is 1. The standard InChI is InChI=1S/C21H21N3S.2C2HF3O2/c1-3-4-14-9-10-23-19(11-14)16-6-5-15-7-8-17-13-25-20(22)24-21(17,2)18(15)12-16;2*3-2(4,5)1(6)7/h5-6,9-12,17H,7-8,13H2,1-2H3,(H2,22,24);2*(H,6,7)/t17-,21+;;/m1../s1. The van der Waals surface area contributed by atoms with Crippen LogP contribution in [0.1, 0.15) is 37.0 Å². The van der Waals surface area contributed by atoms with Crippen LogP contribution in [0.3, 0.4) is 0 Å². The largest absolute Gasteiger partial charge is 0.490 e. The second-order valence-corrected chi connectivity index (χ2v) is 9.47. The molecule has 4 N–H and O–H groups in total. The number of hydrogen-bond donors (Lipinski definition) is 3. The van der Waals surface area contributed by atoms with Gasteiger partial charge in [-0.1, -0.05) is 29.8 Å². The number of nitrogens with zero attached hydrogens (tertiary/aromatic N) is 2. The minimum atomic E-state index is -5.08. The molecule has 2 aromatic rings. The predicted molar refractivity (Wildman–Crippen MR) is 133 cm³/mol. The normalized spacial score (nSPS) is 19.7. The molecule has 0 unspecified atom stereocenters. The van der Waals surface area contributed by atoms with Crippen LogP contribution >= 0.6 is 11.8 Å². The van der Waals surface area contributed by atoms with E-state index < -0.39 is 24.3 Å². The maximum Gasteiger partial charge on any atom is 0.490 e. The zero-order chi connectivity index (χ0) is 29.6. The van der Waals surface area contributed by atoms with E-state index in [9.17, 15) is 26.3 Å². The fraction of sp³-hybridized carbons (Fsp3) is 0.360. The molecule has 7 nitrogen and oxygen atoms in total. The number of carboxylic acid groups (broad SMARTS) is 2. The van der Waals surface area contributed by atoms with Gasteiger partial charge in [-0.2, -0.15) is 26.3 Å². The van der Waals surface area contributed by atoms with E-state index in [2.05, 4.69) is 48.0 Å². The number of nitrogens with two attached hydrogens (primary N) is 1. The van der Waals surface area contributed by atoms with Crippen LogP contribution in [0.25, 0.3) is 11.3 Å². The third-order valence-electron chi connectivity index (χ3n) is 5.80. The van der Waals surface area contributed by atoms with E-state index in [4.69, 9.17) is 30.5 Å². The number of aromatic nitrogens is 1. The van der Waals surface area contributed by atoms with Gasteiger partial charge in [-0.15, -0.1) is 5.92 Å². The van der Waals surface area contributed by atoms with Gasteiger partial charge in [-0.05, 0) is 61.9 Å². The van der Waals surface area contributed by atoms with Crippen LogP contribution in [0.15, 0.2) is 41.5 Å². The number of aliphatic carboxylic acids is 2. The molecule has 0 spiro atoms. The number of fused-ring (bicyclic) bond motifs is 3. The number of thioether (sulfide) groups is 1. The Kier molecular flexibility index (Phi) is 10.0. The van der Waals surface area contributed by atoms with Crippen molar-refractivity contribution in [3.63, 3.8) is 0 Å². The number of benzene rings is 1. The van der Waals surface area contributed by atoms with Crippen molar-refractivity contribution >= 4 is 28.9 Å². The van der Waals surface area contributed by atoms with Crippen LogP contribution in [0.4, 0.5) is 26.3 Å². The number of aryl methyl sites for hydroxylation is 1. The minimum Gasteiger partial charge on any atom is -0.475 e. The maximum absolute atomic E-state index is 10.6. The summed E-state index contributed by atoms with van der Waals surface area (Å²) in [4.78, 5) is 27.2. The van der Waals surface area contributed by atoms with E-state index in [-0.39, 0.29) is 5.54 Å². The van der Waals surface area contributed by atoms with E-state index in [1.54, 1.807) is 11.8 Å². The topological polar surface area (TPSA) is 126 Å². The lowest BCUT2D eigenvalue weighted by Gasteiger charge is -2.42. The molecular weight excluding hydrogens is 552 g/mol. The molecule has 39 heavy (non-hydrogen) atoms. The maximum atomic E-state index is 10.6. The van der Waals surface area contributed by atoms with Crippen LogP contribution in [-0.2, 0) is 21.5 Å². The molecule has 2 atom stereocenters. The third kappa shape index (κ3) is 8.38. The van der Waals surface area contributed by atoms with Crippen molar-refractivity contribution in [1.29, 1.82) is 0 Å². The molecule has 14 heteroatoms. The highest BCUT2D eigenvalue weighted by atomic mass is 32.2. The second kappa shape index (κ2) is 12.4. The van der Waals surface area contributed by atoms with Crippen LogP contribution in [-0.4, -0.2) is 50.4 Å². The lowest BCUT2D eigenvalue weighted by Crippen LogP contribution is -2.41. The van der Waals surface area contributed by atoms with Gasteiger partial charge in [0.25, 0.3) is 0 Å². The quantitative estimate of drug-likeness (QED) is 0.314. The highest BCUT2D eigenvalue weighted by molar-refractivity contribution is 8.13. The first-order valence-electron chi connectivity index (χ1n) is 11.1. The summed E-state index contributed by atoms with van der Waals surface area (Å²) in [5.74, 6) is 2.13. The Morgan fingerprint density at radius 2 is 1.67 bits per heavy atom. The number of aliphatic imine (C=N–C) groups is 1. The number of carbonyl (C=O) groups is 2. The smallest absolute Gasteiger partial charge is 0.475 e. The van der Waals surface area contributed by atoms with Gasteiger partial charge in [0.1, 0.15) is 0 Å². The summed E-state index contributed by atoms with van der Waals surface area (Å²) >= 11 is 1.69. The SMILES string of the molecule is CC#Cc1ccnc(-c2ccc3c(c2)[C@@]2(C)N=C(N)SC[C@H]2CC3)c1.O=C(O)C(F)(F)F.O=C(O)C(F)(F)F. The molecule has 2 heterocycles. The Morgan fingerprint density at radius 3 is 2.21 bits per heavy atom. The number of carboxylic acids is 2. The van der Waals surface area contributed by atoms with Gasteiger partial charge < -0.3 is 15.9 Å². The Bertz CT molecular complexity index is 1290. The van der Waals surface area contributed by atoms with Gasteiger partial charge in [0.2, 0.25) is 0 Å². The van der Waals surface area contributed by atoms with Crippen molar-refractivity contribution in [2.24, 2.45) is 16.6 Å². The molecular formula is C25H23F6N3O4S. The van der Waals surface area contributed by atoms with Crippen molar-refractivity contribution in [2.45, 2.75) is 44.6 Å². The first-order valence-corrected chi connectivity index (χ1v) is 12.1. The molecule has 1 aliphatic heterocycles. The average Bonchev–Trinajstić information content (AvgIpc) is 2.83. The van der Waals surface area contributed by atoms with Gasteiger partial charge in [-0.3, -0.25) is 9.98 Å². The fourth-order valence-corrected chi connectivity index (χ4v) is 5.03. The van der Waals surface area contributed by atoms with Crippen molar-refractivity contribution in [2.75, 3.05) is 5.75 Å². The van der Waals surface area contributed by atoms with Crippen LogP contribution in [0, 0.1) is 17.8 Å². The third-order valence-corrected chi connectivity index (χ3v) is 6.75. The van der Waals surface area contributed by atoms with E-state index in [0.29, 0.717) is 11.1 Å². The fourth-order valence-electron chi connectivity index (χ4n) is 3.91. The Hall–Kier alpha value is -3.73. The van der Waals surface area contributed by atoms with Gasteiger partial charge in [0, 0.05) is 23.1 Å². The summed E-state index contributed by atoms with van der Waals surface area (Å²) in [5, 5.41) is 15.0. The first-order chi connectivity index (χ1) is 18.0. The number of hydrogen-bond acceptors (Lipinski definition) is 6. The number of alkyl halides is 6. The Balaban J connectivity index is 0.000000317. The zero-order valence-corrected chi connectivity index (χ0v) is 21.3. The van der Waals surface area contributed by atoms with Gasteiger partial charge >= 0.3 is 24.3 Å². The average molecular weight is 576 g/mol. The van der Waals surface area contributed by atoms with Crippen molar-refractivity contribution in [3.8, 4) is 23.1 Å². The van der Waals surface area contributed by atoms with Crippen molar-refractivity contribution < 1.29 is 46.1 Å². The molecule has 0 fully saturated rings. The lowest BCUT2D eigenvalue weighted by atomic mass is 9.70. The summed E-state index contributed by atoms with van der Waals surface area (Å²) in [6.45, 7) is 4.09. The Labute approximate surface area is 223 Å². The molecule has 0 saturated carbocycles. The number of pyridine rings is 1. The van der Waals surface area contributed by atoms with E-state index in [1.807, 2.05) is 19.2 Å². The van der Waals surface area contributed by atoms with E-state index in [0.717, 1.165) is 29.0 Å². The molecule has 0 saturated heterocycles. The van der Waals surface area contributed by atoms with Gasteiger partial charge in [-0.25, -0.2) is 9.59 Å². The van der Waals surface area contributed by atoms with E-state index in [1.165, 1.54) is 17.5 Å². The Morgan fingerprint density at radius 1 is 1.08 bits per heavy atom. The molecule has 0 bridgehead atoms. The summed E-state index contributed by atoms with van der Waals surface area (Å²) < 4.78 is 63.5.